The van der Waals surface area contributed by atoms with Gasteiger partial charge in [0.05, 0.1) is 10.5 Å². The predicted molar refractivity (Wildman–Crippen MR) is 109 cm³/mol. The van der Waals surface area contributed by atoms with Crippen molar-refractivity contribution in [2.75, 3.05) is 30.9 Å². The molecule has 3 amide bonds. The lowest BCUT2D eigenvalue weighted by molar-refractivity contribution is -0.149. The number of carboxylic acid groups (broad SMARTS) is 1. The van der Waals surface area contributed by atoms with Crippen LogP contribution < -0.4 is 10.5 Å². The Labute approximate surface area is 173 Å². The quantitative estimate of drug-likeness (QED) is 0.113. The van der Waals surface area contributed by atoms with E-state index in [1.807, 2.05) is 6.26 Å². The van der Waals surface area contributed by atoms with Gasteiger partial charge in [0.25, 0.3) is 5.78 Å². The Morgan fingerprint density at radius 2 is 1.96 bits per heavy atom. The molecule has 9 nitrogen and oxygen atoms in total. The molecule has 152 valence electrons. The summed E-state index contributed by atoms with van der Waals surface area (Å²) in [6, 6.07) is 0. The van der Waals surface area contributed by atoms with Gasteiger partial charge < -0.3 is 10.4 Å². The van der Waals surface area contributed by atoms with Gasteiger partial charge >= 0.3 is 5.97 Å². The van der Waals surface area contributed by atoms with Crippen LogP contribution in [0.5, 0.6) is 0 Å². The number of carbonyl (C=O) groups is 5. The number of rotatable bonds is 13. The lowest BCUT2D eigenvalue weighted by Crippen LogP contribution is -2.34. The number of likely N-dealkylation sites (tertiary alicyclic amines) is 1. The molecule has 0 saturated carbocycles. The minimum Gasteiger partial charge on any atom is -0.475 e. The lowest BCUT2D eigenvalue weighted by Gasteiger charge is -2.14. The molecule has 0 aromatic rings. The zero-order chi connectivity index (χ0) is 20.4. The van der Waals surface area contributed by atoms with Crippen LogP contribution in [0.15, 0.2) is 0 Å². The molecule has 1 heterocycles. The van der Waals surface area contributed by atoms with Crippen LogP contribution in [-0.2, 0) is 24.0 Å². The number of hydrogen-bond donors (Lipinski definition) is 3. The number of amides is 3. The summed E-state index contributed by atoms with van der Waals surface area (Å²) in [5, 5.41) is 15.1. The highest BCUT2D eigenvalue weighted by Crippen LogP contribution is 2.25. The Bertz CT molecular complexity index is 591. The number of nitrogens with one attached hydrogen (secondary N) is 1. The first kappa shape index (κ1) is 24.1. The normalized spacial score (nSPS) is 17.9. The summed E-state index contributed by atoms with van der Waals surface area (Å²) in [5.74, 6) is -2.26. The Kier molecular flexibility index (Phi) is 11.2. The summed E-state index contributed by atoms with van der Waals surface area (Å²) in [6.07, 6.45) is 1.78. The number of carbonyl (C=O) groups excluding carboxylic acids is 4. The Morgan fingerprint density at radius 1 is 1.30 bits per heavy atom. The number of Topliss-reactive ketones (excluding diaryl/α,β-unsaturated/α-hetero) is 1. The van der Waals surface area contributed by atoms with Crippen LogP contribution in [0.4, 0.5) is 0 Å². The number of imide groups is 1. The first-order chi connectivity index (χ1) is 12.8. The van der Waals surface area contributed by atoms with Gasteiger partial charge in [-0.15, -0.1) is 0 Å². The first-order valence-corrected chi connectivity index (χ1v) is 12.5. The Balaban J connectivity index is 2.14. The maximum absolute atomic E-state index is 11.9. The number of ketones is 1. The van der Waals surface area contributed by atoms with Crippen molar-refractivity contribution in [3.8, 4) is 0 Å². The van der Waals surface area contributed by atoms with E-state index in [0.29, 0.717) is 36.5 Å². The smallest absolute Gasteiger partial charge is 0.373 e. The number of aliphatic carboxylic acids is 1. The molecular weight excluding hydrogens is 434 g/mol. The molecule has 2 unspecified atom stereocenters. The van der Waals surface area contributed by atoms with Gasteiger partial charge in [0.2, 0.25) is 17.7 Å². The van der Waals surface area contributed by atoms with Crippen molar-refractivity contribution in [2.24, 2.45) is 5.14 Å². The maximum atomic E-state index is 11.9. The fourth-order valence-corrected chi connectivity index (χ4v) is 5.10. The third kappa shape index (κ3) is 7.94. The fraction of sp³-hybridized carbons (Fsp3) is 0.643. The Morgan fingerprint density at radius 3 is 2.52 bits per heavy atom. The highest BCUT2D eigenvalue weighted by atomic mass is 33.1. The summed E-state index contributed by atoms with van der Waals surface area (Å²) in [5.41, 5.74) is 0. The predicted octanol–water partition coefficient (Wildman–Crippen LogP) is -0.00620. The third-order valence-electron chi connectivity index (χ3n) is 3.51. The van der Waals surface area contributed by atoms with Gasteiger partial charge in [0.1, 0.15) is 0 Å². The summed E-state index contributed by atoms with van der Waals surface area (Å²) in [4.78, 5) is 58.6. The van der Waals surface area contributed by atoms with Crippen LogP contribution in [0.3, 0.4) is 0 Å². The molecule has 0 aromatic heterocycles. The van der Waals surface area contributed by atoms with E-state index in [1.54, 1.807) is 0 Å². The summed E-state index contributed by atoms with van der Waals surface area (Å²) < 4.78 is 0. The van der Waals surface area contributed by atoms with E-state index in [2.05, 4.69) is 5.32 Å². The molecule has 4 N–H and O–H groups in total. The van der Waals surface area contributed by atoms with Crippen molar-refractivity contribution in [1.29, 1.82) is 0 Å². The molecule has 0 aliphatic carbocycles. The average molecular weight is 456 g/mol. The van der Waals surface area contributed by atoms with E-state index in [9.17, 15) is 24.0 Å². The highest BCUT2D eigenvalue weighted by Gasteiger charge is 2.37. The SMILES string of the molecule is CSC1CC(=O)N(CCSSCCNC(=O)CC(SN)C(=O)C(=O)O)C1=O. The zero-order valence-electron chi connectivity index (χ0n) is 14.5. The van der Waals surface area contributed by atoms with Gasteiger partial charge in [0.15, 0.2) is 0 Å². The molecule has 0 aromatic carbocycles. The highest BCUT2D eigenvalue weighted by molar-refractivity contribution is 8.76. The van der Waals surface area contributed by atoms with E-state index >= 15 is 0 Å². The fourth-order valence-electron chi connectivity index (χ4n) is 2.13. The summed E-state index contributed by atoms with van der Waals surface area (Å²) in [7, 11) is 2.97. The monoisotopic (exact) mass is 455 g/mol. The van der Waals surface area contributed by atoms with E-state index in [0.717, 1.165) is 0 Å². The minimum atomic E-state index is -1.61. The molecule has 1 fully saturated rings. The van der Waals surface area contributed by atoms with Crippen LogP contribution in [0.2, 0.25) is 0 Å². The molecule has 0 radical (unpaired) electrons. The van der Waals surface area contributed by atoms with E-state index < -0.39 is 22.9 Å². The molecule has 1 saturated heterocycles. The van der Waals surface area contributed by atoms with Crippen molar-refractivity contribution >= 4 is 74.8 Å². The first-order valence-electron chi connectivity index (χ1n) is 7.82. The van der Waals surface area contributed by atoms with Crippen LogP contribution in [0.25, 0.3) is 0 Å². The molecule has 0 spiro atoms. The summed E-state index contributed by atoms with van der Waals surface area (Å²) in [6.45, 7) is 0.710. The van der Waals surface area contributed by atoms with Gasteiger partial charge in [-0.3, -0.25) is 29.2 Å². The molecule has 0 bridgehead atoms. The van der Waals surface area contributed by atoms with E-state index in [-0.39, 0.29) is 29.9 Å². The van der Waals surface area contributed by atoms with Crippen molar-refractivity contribution in [3.63, 3.8) is 0 Å². The van der Waals surface area contributed by atoms with Crippen molar-refractivity contribution < 1.29 is 29.1 Å². The topological polar surface area (TPSA) is 147 Å². The van der Waals surface area contributed by atoms with Crippen LogP contribution in [-0.4, -0.2) is 80.8 Å². The van der Waals surface area contributed by atoms with Crippen molar-refractivity contribution in [2.45, 2.75) is 23.3 Å². The molecule has 1 aliphatic rings. The molecule has 2 atom stereocenters. The molecule has 1 aliphatic heterocycles. The van der Waals surface area contributed by atoms with Gasteiger partial charge in [-0.05, 0) is 6.26 Å². The summed E-state index contributed by atoms with van der Waals surface area (Å²) >= 11 is 1.92. The standard InChI is InChI=1S/C14H21N3O6S4/c1-24-9-7-11(19)17(13(9)21)3-5-26-25-4-2-16-10(18)6-8(27-15)12(20)14(22)23/h8-9H,2-7,15H2,1H3,(H,16,18)(H,22,23). The van der Waals surface area contributed by atoms with Crippen molar-refractivity contribution in [1.82, 2.24) is 10.2 Å². The zero-order valence-corrected chi connectivity index (χ0v) is 17.8. The molecular formula is C14H21N3O6S4. The average Bonchev–Trinajstić information content (AvgIpc) is 2.91. The number of carboxylic acids is 1. The van der Waals surface area contributed by atoms with Crippen LogP contribution >= 0.6 is 45.3 Å². The second-order valence-corrected chi connectivity index (χ2v) is 9.89. The van der Waals surface area contributed by atoms with Crippen molar-refractivity contribution in [3.05, 3.63) is 0 Å². The van der Waals surface area contributed by atoms with Crippen LogP contribution in [0.1, 0.15) is 12.8 Å². The number of nitrogens with zero attached hydrogens (tertiary/aromatic N) is 1. The minimum absolute atomic E-state index is 0.131. The Hall–Kier alpha value is -0.890. The van der Waals surface area contributed by atoms with E-state index in [4.69, 9.17) is 10.2 Å². The van der Waals surface area contributed by atoms with Gasteiger partial charge in [-0.25, -0.2) is 4.79 Å². The second kappa shape index (κ2) is 12.5. The van der Waals surface area contributed by atoms with Crippen LogP contribution in [0, 0.1) is 0 Å². The van der Waals surface area contributed by atoms with Gasteiger partial charge in [-0.1, -0.05) is 33.5 Å². The van der Waals surface area contributed by atoms with E-state index in [1.165, 1.54) is 38.2 Å². The largest absolute Gasteiger partial charge is 0.475 e. The van der Waals surface area contributed by atoms with Gasteiger partial charge in [0, 0.05) is 37.4 Å². The number of nitrogens with two attached hydrogens (primary N) is 1. The maximum Gasteiger partial charge on any atom is 0.373 e. The third-order valence-corrected chi connectivity index (χ3v) is 7.55. The lowest BCUT2D eigenvalue weighted by atomic mass is 10.2. The number of hydrogen-bond acceptors (Lipinski definition) is 10. The van der Waals surface area contributed by atoms with Gasteiger partial charge in [-0.2, -0.15) is 11.8 Å². The second-order valence-electron chi connectivity index (χ2n) is 5.30. The molecule has 13 heteroatoms. The molecule has 27 heavy (non-hydrogen) atoms. The number of thioether (sulfide) groups is 1. The molecule has 1 rings (SSSR count).